The Labute approximate surface area is 199 Å². The summed E-state index contributed by atoms with van der Waals surface area (Å²) in [4.78, 5) is 19.9. The molecule has 0 N–H and O–H groups in total. The summed E-state index contributed by atoms with van der Waals surface area (Å²) in [5.74, 6) is -0.774. The van der Waals surface area contributed by atoms with E-state index in [4.69, 9.17) is 4.74 Å². The van der Waals surface area contributed by atoms with Crippen LogP contribution in [0.25, 0.3) is 10.2 Å². The summed E-state index contributed by atoms with van der Waals surface area (Å²) in [6.07, 6.45) is 3.46. The number of sulfonamides is 1. The van der Waals surface area contributed by atoms with Crippen LogP contribution in [0.2, 0.25) is 0 Å². The molecule has 1 aromatic carbocycles. The predicted octanol–water partition coefficient (Wildman–Crippen LogP) is 4.25. The number of rotatable bonds is 6. The van der Waals surface area contributed by atoms with E-state index in [9.17, 15) is 17.6 Å². The molecule has 11 heteroatoms. The topological polar surface area (TPSA) is 79.8 Å². The molecule has 33 heavy (non-hydrogen) atoms. The summed E-state index contributed by atoms with van der Waals surface area (Å²) in [6, 6.07) is 7.15. The minimum atomic E-state index is -3.79. The van der Waals surface area contributed by atoms with Crippen LogP contribution in [-0.4, -0.2) is 55.5 Å². The lowest BCUT2D eigenvalue weighted by molar-refractivity contribution is -0.123. The van der Waals surface area contributed by atoms with Crippen LogP contribution < -0.4 is 4.90 Å². The second kappa shape index (κ2) is 9.38. The molecule has 4 heterocycles. The van der Waals surface area contributed by atoms with E-state index in [1.165, 1.54) is 26.6 Å². The molecule has 2 saturated heterocycles. The molecule has 5 rings (SSSR count). The number of benzene rings is 1. The van der Waals surface area contributed by atoms with Gasteiger partial charge in [-0.3, -0.25) is 9.69 Å². The molecule has 176 valence electrons. The monoisotopic (exact) mass is 509 g/mol. The number of ether oxygens (including phenoxy) is 1. The Morgan fingerprint density at radius 3 is 2.82 bits per heavy atom. The Morgan fingerprint density at radius 1 is 1.21 bits per heavy atom. The number of hydrogen-bond donors (Lipinski definition) is 0. The highest BCUT2D eigenvalue weighted by Crippen LogP contribution is 2.34. The number of para-hydroxylation sites is 1. The van der Waals surface area contributed by atoms with E-state index in [1.54, 1.807) is 29.6 Å². The average molecular weight is 510 g/mol. The number of hydrogen-bond acceptors (Lipinski definition) is 7. The third-order valence-electron chi connectivity index (χ3n) is 6.06. The van der Waals surface area contributed by atoms with Gasteiger partial charge < -0.3 is 4.74 Å². The first kappa shape index (κ1) is 22.9. The Hall–Kier alpha value is -1.92. The van der Waals surface area contributed by atoms with Gasteiger partial charge in [0.05, 0.1) is 17.3 Å². The number of carbonyl (C=O) groups excluding carboxylic acids is 1. The maximum atomic E-state index is 14.3. The molecule has 1 amide bonds. The van der Waals surface area contributed by atoms with Gasteiger partial charge in [0.15, 0.2) is 5.13 Å². The SMILES string of the molecule is O=C(C1CCCCN1S(=O)(=O)c1cccs1)N(CC1CCCO1)c1nc2c(F)cccc2s1. The van der Waals surface area contributed by atoms with Gasteiger partial charge in [-0.25, -0.2) is 17.8 Å². The van der Waals surface area contributed by atoms with Gasteiger partial charge in [-0.15, -0.1) is 11.3 Å². The summed E-state index contributed by atoms with van der Waals surface area (Å²) in [7, 11) is -3.79. The number of thiazole rings is 1. The summed E-state index contributed by atoms with van der Waals surface area (Å²) in [6.45, 7) is 1.19. The minimum absolute atomic E-state index is 0.156. The summed E-state index contributed by atoms with van der Waals surface area (Å²) >= 11 is 2.38. The molecule has 0 bridgehead atoms. The number of piperidine rings is 1. The molecule has 0 radical (unpaired) electrons. The Balaban J connectivity index is 1.51. The lowest BCUT2D eigenvalue weighted by Gasteiger charge is -2.36. The van der Waals surface area contributed by atoms with E-state index >= 15 is 0 Å². The van der Waals surface area contributed by atoms with Crippen molar-refractivity contribution in [3.8, 4) is 0 Å². The van der Waals surface area contributed by atoms with Gasteiger partial charge >= 0.3 is 0 Å². The van der Waals surface area contributed by atoms with Crippen molar-refractivity contribution < 1.29 is 22.3 Å². The maximum Gasteiger partial charge on any atom is 0.253 e. The molecule has 2 aliphatic heterocycles. The van der Waals surface area contributed by atoms with Crippen LogP contribution >= 0.6 is 22.7 Å². The quantitative estimate of drug-likeness (QED) is 0.496. The zero-order valence-corrected chi connectivity index (χ0v) is 20.3. The molecule has 0 aliphatic carbocycles. The van der Waals surface area contributed by atoms with Crippen molar-refractivity contribution in [3.05, 3.63) is 41.5 Å². The van der Waals surface area contributed by atoms with E-state index in [0.717, 1.165) is 30.6 Å². The van der Waals surface area contributed by atoms with Gasteiger partial charge in [-0.2, -0.15) is 4.31 Å². The molecule has 2 aromatic heterocycles. The molecule has 0 saturated carbocycles. The highest BCUT2D eigenvalue weighted by Gasteiger charge is 2.41. The zero-order valence-electron chi connectivity index (χ0n) is 17.9. The molecule has 2 aliphatic rings. The van der Waals surface area contributed by atoms with Gasteiger partial charge in [0.1, 0.15) is 21.6 Å². The average Bonchev–Trinajstić information content (AvgIpc) is 3.59. The Bertz CT molecular complexity index is 1240. The van der Waals surface area contributed by atoms with Crippen LogP contribution in [0, 0.1) is 5.82 Å². The van der Waals surface area contributed by atoms with Crippen LogP contribution in [0.1, 0.15) is 32.1 Å². The van der Waals surface area contributed by atoms with Crippen LogP contribution in [0.5, 0.6) is 0 Å². The first-order chi connectivity index (χ1) is 15.9. The highest BCUT2D eigenvalue weighted by atomic mass is 32.2. The maximum absolute atomic E-state index is 14.3. The summed E-state index contributed by atoms with van der Waals surface area (Å²) in [5.41, 5.74) is 0.217. The van der Waals surface area contributed by atoms with Gasteiger partial charge in [0.2, 0.25) is 5.91 Å². The smallest absolute Gasteiger partial charge is 0.253 e. The number of halogens is 1. The number of amides is 1. The Kier molecular flexibility index (Phi) is 6.49. The van der Waals surface area contributed by atoms with Crippen molar-refractivity contribution in [2.24, 2.45) is 0 Å². The summed E-state index contributed by atoms with van der Waals surface area (Å²) < 4.78 is 49.0. The van der Waals surface area contributed by atoms with Gasteiger partial charge in [0.25, 0.3) is 10.0 Å². The first-order valence-electron chi connectivity index (χ1n) is 11.0. The van der Waals surface area contributed by atoms with Crippen molar-refractivity contribution in [3.63, 3.8) is 0 Å². The predicted molar refractivity (Wildman–Crippen MR) is 127 cm³/mol. The van der Waals surface area contributed by atoms with Gasteiger partial charge in [-0.05, 0) is 49.3 Å². The molecule has 2 atom stereocenters. The number of fused-ring (bicyclic) bond motifs is 1. The minimum Gasteiger partial charge on any atom is -0.376 e. The van der Waals surface area contributed by atoms with Crippen molar-refractivity contribution >= 4 is 54.0 Å². The molecule has 7 nitrogen and oxygen atoms in total. The van der Waals surface area contributed by atoms with Crippen molar-refractivity contribution in [1.29, 1.82) is 0 Å². The lowest BCUT2D eigenvalue weighted by Crippen LogP contribution is -2.54. The van der Waals surface area contributed by atoms with Crippen molar-refractivity contribution in [2.75, 3.05) is 24.6 Å². The second-order valence-corrected chi connectivity index (χ2v) is 12.3. The van der Waals surface area contributed by atoms with E-state index in [2.05, 4.69) is 4.98 Å². The van der Waals surface area contributed by atoms with Crippen LogP contribution in [0.3, 0.4) is 0 Å². The third kappa shape index (κ3) is 4.44. The second-order valence-electron chi connectivity index (χ2n) is 8.23. The van der Waals surface area contributed by atoms with E-state index < -0.39 is 21.9 Å². The standard InChI is InChI=1S/C22H24FN3O4S3/c23-16-7-3-9-18-20(16)24-22(32-18)25(14-15-6-4-12-30-15)21(27)17-8-1-2-11-26(17)33(28,29)19-10-5-13-31-19/h3,5,7,9-10,13,15,17H,1-2,4,6,8,11-12,14H2. The van der Waals surface area contributed by atoms with Gasteiger partial charge in [-0.1, -0.05) is 29.9 Å². The molecular weight excluding hydrogens is 485 g/mol. The molecule has 0 spiro atoms. The number of anilines is 1. The highest BCUT2D eigenvalue weighted by molar-refractivity contribution is 7.91. The lowest BCUT2D eigenvalue weighted by atomic mass is 10.0. The fourth-order valence-corrected chi connectivity index (χ4v) is 8.18. The van der Waals surface area contributed by atoms with E-state index in [1.807, 2.05) is 0 Å². The van der Waals surface area contributed by atoms with Crippen LogP contribution in [0.15, 0.2) is 39.9 Å². The van der Waals surface area contributed by atoms with E-state index in [-0.39, 0.29) is 28.3 Å². The molecule has 2 fully saturated rings. The van der Waals surface area contributed by atoms with Crippen molar-refractivity contribution in [1.82, 2.24) is 9.29 Å². The van der Waals surface area contributed by atoms with Gasteiger partial charge in [0, 0.05) is 13.2 Å². The number of nitrogens with zero attached hydrogens (tertiary/aromatic N) is 3. The molecular formula is C22H24FN3O4S3. The first-order valence-corrected chi connectivity index (χ1v) is 14.1. The summed E-state index contributed by atoms with van der Waals surface area (Å²) in [5, 5.41) is 2.09. The number of thiophene rings is 1. The third-order valence-corrected chi connectivity index (χ3v) is 10.4. The van der Waals surface area contributed by atoms with Crippen LogP contribution in [0.4, 0.5) is 9.52 Å². The normalized spacial score (nSPS) is 22.1. The fourth-order valence-electron chi connectivity index (χ4n) is 4.42. The number of carbonyl (C=O) groups is 1. The molecule has 3 aromatic rings. The van der Waals surface area contributed by atoms with Crippen LogP contribution in [-0.2, 0) is 19.6 Å². The number of aromatic nitrogens is 1. The zero-order chi connectivity index (χ0) is 23.0. The fraction of sp³-hybridized carbons (Fsp3) is 0.455. The largest absolute Gasteiger partial charge is 0.376 e. The Morgan fingerprint density at radius 2 is 2.09 bits per heavy atom. The molecule has 2 unspecified atom stereocenters. The van der Waals surface area contributed by atoms with Crippen molar-refractivity contribution in [2.45, 2.75) is 48.5 Å². The van der Waals surface area contributed by atoms with E-state index in [0.29, 0.717) is 35.8 Å².